The maximum absolute atomic E-state index is 4.92. The van der Waals surface area contributed by atoms with Gasteiger partial charge >= 0.3 is 0 Å². The molecule has 4 aromatic rings. The molecular weight excluding hydrogens is 356 g/mol. The molecule has 4 heteroatoms. The van der Waals surface area contributed by atoms with Gasteiger partial charge in [0.25, 0.3) is 0 Å². The summed E-state index contributed by atoms with van der Waals surface area (Å²) in [6.07, 6.45) is 11.0. The maximum Gasteiger partial charge on any atom is 0.115 e. The predicted molar refractivity (Wildman–Crippen MR) is 115 cm³/mol. The van der Waals surface area contributed by atoms with Crippen molar-refractivity contribution < 1.29 is 0 Å². The molecule has 0 N–H and O–H groups in total. The van der Waals surface area contributed by atoms with Gasteiger partial charge in [-0.05, 0) is 41.3 Å². The Hall–Kier alpha value is -3.53. The van der Waals surface area contributed by atoms with Gasteiger partial charge in [-0.3, -0.25) is 4.98 Å². The number of aromatic nitrogens is 3. The number of benzene rings is 2. The first-order valence-electron chi connectivity index (χ1n) is 10.0. The molecule has 0 spiro atoms. The van der Waals surface area contributed by atoms with E-state index in [1.165, 1.54) is 27.8 Å². The van der Waals surface area contributed by atoms with Crippen LogP contribution in [0, 0.1) is 0 Å². The van der Waals surface area contributed by atoms with Gasteiger partial charge in [-0.2, -0.15) is 0 Å². The topological polar surface area (TPSA) is 41.9 Å². The number of rotatable bonds is 3. The van der Waals surface area contributed by atoms with E-state index in [-0.39, 0.29) is 0 Å². The van der Waals surface area contributed by atoms with Crippen LogP contribution in [0.25, 0.3) is 28.1 Å². The van der Waals surface area contributed by atoms with Crippen molar-refractivity contribution in [3.05, 3.63) is 96.3 Å². The molecule has 4 nitrogen and oxygen atoms in total. The van der Waals surface area contributed by atoms with Crippen molar-refractivity contribution in [3.63, 3.8) is 0 Å². The normalized spacial score (nSPS) is 19.9. The summed E-state index contributed by atoms with van der Waals surface area (Å²) in [7, 11) is 0. The molecule has 6 rings (SSSR count). The molecule has 2 aliphatic rings. The quantitative estimate of drug-likeness (QED) is 0.503. The van der Waals surface area contributed by atoms with Crippen LogP contribution < -0.4 is 0 Å². The Bertz CT molecular complexity index is 1230. The summed E-state index contributed by atoms with van der Waals surface area (Å²) >= 11 is 0. The lowest BCUT2D eigenvalue weighted by atomic mass is 9.95. The number of hydrogen-bond donors (Lipinski definition) is 0. The van der Waals surface area contributed by atoms with Gasteiger partial charge in [0.2, 0.25) is 0 Å². The molecule has 1 saturated carbocycles. The van der Waals surface area contributed by atoms with Crippen LogP contribution >= 0.6 is 0 Å². The molecule has 2 atom stereocenters. The molecule has 29 heavy (non-hydrogen) atoms. The number of fused-ring (bicyclic) bond motifs is 2. The minimum absolute atomic E-state index is 0.511. The largest absolute Gasteiger partial charge is 0.369 e. The molecule has 1 aliphatic carbocycles. The number of pyridine rings is 1. The van der Waals surface area contributed by atoms with Crippen LogP contribution in [0.2, 0.25) is 0 Å². The third-order valence-electron chi connectivity index (χ3n) is 6.04. The van der Waals surface area contributed by atoms with E-state index in [0.29, 0.717) is 12.0 Å². The van der Waals surface area contributed by atoms with E-state index in [4.69, 9.17) is 4.98 Å². The zero-order valence-corrected chi connectivity index (χ0v) is 15.9. The van der Waals surface area contributed by atoms with Gasteiger partial charge in [0.15, 0.2) is 0 Å². The first-order chi connectivity index (χ1) is 14.4. The third-order valence-corrected chi connectivity index (χ3v) is 6.04. The van der Waals surface area contributed by atoms with Crippen LogP contribution in [0.1, 0.15) is 29.2 Å². The molecule has 1 aliphatic heterocycles. The maximum atomic E-state index is 4.92. The van der Waals surface area contributed by atoms with Crippen molar-refractivity contribution in [1.82, 2.24) is 19.9 Å². The van der Waals surface area contributed by atoms with Crippen LogP contribution in [0.4, 0.5) is 0 Å². The second-order valence-corrected chi connectivity index (χ2v) is 7.83. The number of para-hydroxylation sites is 1. The minimum atomic E-state index is 0.511. The van der Waals surface area contributed by atoms with Gasteiger partial charge in [-0.1, -0.05) is 42.5 Å². The zero-order chi connectivity index (χ0) is 19.2. The first-order valence-corrected chi connectivity index (χ1v) is 10.0. The first kappa shape index (κ1) is 16.4. The predicted octanol–water partition coefficient (Wildman–Crippen LogP) is 5.03. The molecule has 3 heterocycles. The summed E-state index contributed by atoms with van der Waals surface area (Å²) < 4.78 is 0. The van der Waals surface area contributed by atoms with Gasteiger partial charge in [-0.15, -0.1) is 0 Å². The van der Waals surface area contributed by atoms with Gasteiger partial charge in [-0.25, -0.2) is 9.97 Å². The summed E-state index contributed by atoms with van der Waals surface area (Å²) in [6.45, 7) is 0.933. The molecule has 0 radical (unpaired) electrons. The smallest absolute Gasteiger partial charge is 0.115 e. The molecular formula is C25H20N4. The summed E-state index contributed by atoms with van der Waals surface area (Å²) in [5.74, 6) is 0.511. The summed E-state index contributed by atoms with van der Waals surface area (Å²) in [6, 6.07) is 19.8. The van der Waals surface area contributed by atoms with Gasteiger partial charge < -0.3 is 4.90 Å². The van der Waals surface area contributed by atoms with Crippen molar-refractivity contribution in [1.29, 1.82) is 0 Å². The second-order valence-electron chi connectivity index (χ2n) is 7.83. The van der Waals surface area contributed by atoms with E-state index in [1.807, 2.05) is 12.4 Å². The second kappa shape index (κ2) is 6.52. The number of nitrogens with zero attached hydrogens (tertiary/aromatic N) is 4. The Morgan fingerprint density at radius 1 is 0.897 bits per heavy atom. The van der Waals surface area contributed by atoms with Crippen molar-refractivity contribution in [2.24, 2.45) is 0 Å². The van der Waals surface area contributed by atoms with E-state index in [2.05, 4.69) is 81.7 Å². The Morgan fingerprint density at radius 3 is 2.72 bits per heavy atom. The monoisotopic (exact) mass is 376 g/mol. The molecule has 2 unspecified atom stereocenters. The van der Waals surface area contributed by atoms with Crippen molar-refractivity contribution in [3.8, 4) is 11.1 Å². The Morgan fingerprint density at radius 2 is 1.79 bits per heavy atom. The lowest BCUT2D eigenvalue weighted by Crippen LogP contribution is -2.23. The van der Waals surface area contributed by atoms with E-state index in [0.717, 1.165) is 24.0 Å². The molecule has 0 amide bonds. The lowest BCUT2D eigenvalue weighted by Gasteiger charge is -2.27. The summed E-state index contributed by atoms with van der Waals surface area (Å²) in [4.78, 5) is 15.7. The lowest BCUT2D eigenvalue weighted by molar-refractivity contribution is 0.350. The average molecular weight is 376 g/mol. The van der Waals surface area contributed by atoms with Crippen LogP contribution in [0.5, 0.6) is 0 Å². The Kier molecular flexibility index (Phi) is 3.69. The van der Waals surface area contributed by atoms with Gasteiger partial charge in [0.1, 0.15) is 6.33 Å². The van der Waals surface area contributed by atoms with E-state index in [9.17, 15) is 0 Å². The highest BCUT2D eigenvalue weighted by atomic mass is 15.2. The van der Waals surface area contributed by atoms with E-state index < -0.39 is 0 Å². The highest BCUT2D eigenvalue weighted by Gasteiger charge is 2.43. The summed E-state index contributed by atoms with van der Waals surface area (Å²) in [5, 5.41) is 1.21. The molecule has 140 valence electrons. The van der Waals surface area contributed by atoms with Gasteiger partial charge in [0, 0.05) is 53.7 Å². The fraction of sp³-hybridized carbons (Fsp3) is 0.160. The van der Waals surface area contributed by atoms with Gasteiger partial charge in [0.05, 0.1) is 5.52 Å². The molecule has 0 saturated heterocycles. The van der Waals surface area contributed by atoms with Crippen LogP contribution in [0.15, 0.2) is 79.5 Å². The van der Waals surface area contributed by atoms with Crippen LogP contribution in [-0.4, -0.2) is 25.9 Å². The van der Waals surface area contributed by atoms with Crippen molar-refractivity contribution in [2.45, 2.75) is 24.9 Å². The molecule has 2 aromatic carbocycles. The number of hydrogen-bond acceptors (Lipinski definition) is 4. The average Bonchev–Trinajstić information content (AvgIpc) is 3.60. The highest BCUT2D eigenvalue weighted by Crippen LogP contribution is 2.46. The van der Waals surface area contributed by atoms with E-state index in [1.54, 1.807) is 6.33 Å². The minimum Gasteiger partial charge on any atom is -0.369 e. The Labute approximate surface area is 169 Å². The van der Waals surface area contributed by atoms with E-state index >= 15 is 0 Å². The SMILES string of the molecule is C1=CN(C2CC2c2ccc3ccccc3n2)Cc2cccc(-c3cncnc3)c21. The highest BCUT2D eigenvalue weighted by molar-refractivity contribution is 5.79. The molecule has 2 aromatic heterocycles. The standard InChI is InChI=1S/C25H20N4/c1-2-7-23-17(4-1)8-9-24(28-23)22-12-25(22)29-11-10-21-18(15-29)5-3-6-20(21)19-13-26-16-27-14-19/h1-11,13-14,16,22,25H,12,15H2. The molecule has 0 bridgehead atoms. The third kappa shape index (κ3) is 2.88. The Balaban J connectivity index is 1.26. The zero-order valence-electron chi connectivity index (χ0n) is 15.9. The van der Waals surface area contributed by atoms with Crippen molar-refractivity contribution >= 4 is 17.0 Å². The van der Waals surface area contributed by atoms with Crippen LogP contribution in [0.3, 0.4) is 0 Å². The fourth-order valence-electron chi connectivity index (χ4n) is 4.44. The molecule has 1 fully saturated rings. The summed E-state index contributed by atoms with van der Waals surface area (Å²) in [5.41, 5.74) is 7.19. The van der Waals surface area contributed by atoms with Crippen molar-refractivity contribution in [2.75, 3.05) is 0 Å². The van der Waals surface area contributed by atoms with Crippen LogP contribution in [-0.2, 0) is 6.54 Å². The fourth-order valence-corrected chi connectivity index (χ4v) is 4.44.